The summed E-state index contributed by atoms with van der Waals surface area (Å²) in [5, 5.41) is 6.54. The number of hydrogen-bond acceptors (Lipinski definition) is 2. The topological polar surface area (TPSA) is 29.1 Å². The van der Waals surface area contributed by atoms with Crippen molar-refractivity contribution in [3.8, 4) is 0 Å². The largest absolute Gasteiger partial charge is 0.346 e. The number of nitrogens with one attached hydrogen (secondary N) is 1. The van der Waals surface area contributed by atoms with E-state index in [1.54, 1.807) is 6.07 Å². The van der Waals surface area contributed by atoms with Crippen LogP contribution in [0.3, 0.4) is 0 Å². The minimum atomic E-state index is -0.347. The third-order valence-electron chi connectivity index (χ3n) is 1.57. The van der Waals surface area contributed by atoms with Gasteiger partial charge in [-0.3, -0.25) is 4.79 Å². The molecule has 2 nitrogen and oxygen atoms in total. The summed E-state index contributed by atoms with van der Waals surface area (Å²) in [4.78, 5) is 11.5. The van der Waals surface area contributed by atoms with Gasteiger partial charge in [0.25, 0.3) is 5.91 Å². The zero-order valence-corrected chi connectivity index (χ0v) is 9.21. The summed E-state index contributed by atoms with van der Waals surface area (Å²) < 4.78 is 0. The van der Waals surface area contributed by atoms with Gasteiger partial charge in [-0.25, -0.2) is 0 Å². The van der Waals surface area contributed by atoms with Gasteiger partial charge in [-0.05, 0) is 25.3 Å². The number of halogens is 1. The Labute approximate surface area is 86.9 Å². The normalized spacial score (nSPS) is 11.3. The van der Waals surface area contributed by atoms with Gasteiger partial charge in [-0.15, -0.1) is 11.6 Å². The van der Waals surface area contributed by atoms with Crippen LogP contribution in [-0.4, -0.2) is 17.3 Å². The second-order valence-electron chi connectivity index (χ2n) is 3.48. The molecule has 0 aromatic carbocycles. The molecule has 13 heavy (non-hydrogen) atoms. The highest BCUT2D eigenvalue weighted by Gasteiger charge is 2.19. The Morgan fingerprint density at radius 1 is 1.69 bits per heavy atom. The minimum Gasteiger partial charge on any atom is -0.346 e. The molecule has 0 radical (unpaired) electrons. The van der Waals surface area contributed by atoms with Crippen LogP contribution in [0.15, 0.2) is 16.8 Å². The van der Waals surface area contributed by atoms with Crippen LogP contribution in [0.4, 0.5) is 0 Å². The molecule has 0 unspecified atom stereocenters. The Kier molecular flexibility index (Phi) is 3.33. The Hall–Kier alpha value is -0.540. The second kappa shape index (κ2) is 4.11. The van der Waals surface area contributed by atoms with Crippen molar-refractivity contribution < 1.29 is 4.79 Å². The van der Waals surface area contributed by atoms with Crippen molar-refractivity contribution in [3.63, 3.8) is 0 Å². The Morgan fingerprint density at radius 2 is 2.38 bits per heavy atom. The van der Waals surface area contributed by atoms with Gasteiger partial charge in [0.15, 0.2) is 0 Å². The molecule has 0 atom stereocenters. The van der Waals surface area contributed by atoms with E-state index < -0.39 is 0 Å². The fraction of sp³-hybridized carbons (Fsp3) is 0.444. The smallest absolute Gasteiger partial charge is 0.252 e. The molecule has 0 aliphatic rings. The fourth-order valence-electron chi connectivity index (χ4n) is 0.807. The van der Waals surface area contributed by atoms with Gasteiger partial charge in [-0.1, -0.05) is 0 Å². The minimum absolute atomic E-state index is 0.0631. The van der Waals surface area contributed by atoms with Crippen LogP contribution in [0.2, 0.25) is 0 Å². The Morgan fingerprint density at radius 3 is 2.85 bits per heavy atom. The fourth-order valence-corrected chi connectivity index (χ4v) is 1.51. The SMILES string of the molecule is CC(C)(CCl)NC(=O)c1ccsc1. The highest BCUT2D eigenvalue weighted by Crippen LogP contribution is 2.09. The molecule has 1 N–H and O–H groups in total. The predicted molar refractivity (Wildman–Crippen MR) is 56.6 cm³/mol. The molecule has 0 fully saturated rings. The van der Waals surface area contributed by atoms with E-state index in [0.717, 1.165) is 0 Å². The first kappa shape index (κ1) is 10.5. The van der Waals surface area contributed by atoms with Gasteiger partial charge < -0.3 is 5.32 Å². The lowest BCUT2D eigenvalue weighted by Crippen LogP contribution is -2.44. The average Bonchev–Trinajstić information content (AvgIpc) is 2.55. The quantitative estimate of drug-likeness (QED) is 0.775. The molecule has 1 heterocycles. The maximum atomic E-state index is 11.5. The number of rotatable bonds is 3. The summed E-state index contributed by atoms with van der Waals surface area (Å²) in [5.41, 5.74) is 0.351. The molecule has 4 heteroatoms. The monoisotopic (exact) mass is 217 g/mol. The average molecular weight is 218 g/mol. The zero-order chi connectivity index (χ0) is 9.90. The van der Waals surface area contributed by atoms with Crippen molar-refractivity contribution in [1.82, 2.24) is 5.32 Å². The first-order valence-electron chi connectivity index (χ1n) is 3.96. The lowest BCUT2D eigenvalue weighted by atomic mass is 10.1. The van der Waals surface area contributed by atoms with Crippen LogP contribution < -0.4 is 5.32 Å². The maximum Gasteiger partial charge on any atom is 0.252 e. The van der Waals surface area contributed by atoms with Gasteiger partial charge in [0.1, 0.15) is 0 Å². The number of carbonyl (C=O) groups is 1. The highest BCUT2D eigenvalue weighted by molar-refractivity contribution is 7.08. The number of alkyl halides is 1. The molecular formula is C9H12ClNOS. The molecule has 1 aromatic heterocycles. The van der Waals surface area contributed by atoms with E-state index in [4.69, 9.17) is 11.6 Å². The van der Waals surface area contributed by atoms with Crippen LogP contribution in [0, 0.1) is 0 Å². The van der Waals surface area contributed by atoms with E-state index in [1.165, 1.54) is 11.3 Å². The van der Waals surface area contributed by atoms with Gasteiger partial charge >= 0.3 is 0 Å². The van der Waals surface area contributed by atoms with Crippen LogP contribution in [0.25, 0.3) is 0 Å². The van der Waals surface area contributed by atoms with Crippen molar-refractivity contribution in [2.45, 2.75) is 19.4 Å². The first-order valence-corrected chi connectivity index (χ1v) is 5.43. The van der Waals surface area contributed by atoms with Crippen LogP contribution in [0.1, 0.15) is 24.2 Å². The molecule has 0 bridgehead atoms. The number of thiophene rings is 1. The standard InChI is InChI=1S/C9H12ClNOS/c1-9(2,6-10)11-8(12)7-3-4-13-5-7/h3-5H,6H2,1-2H3,(H,11,12). The van der Waals surface area contributed by atoms with E-state index in [1.807, 2.05) is 24.6 Å². The predicted octanol–water partition coefficient (Wildman–Crippen LogP) is 2.50. The van der Waals surface area contributed by atoms with E-state index in [2.05, 4.69) is 5.32 Å². The second-order valence-corrected chi connectivity index (χ2v) is 4.53. The Balaban J connectivity index is 2.61. The first-order chi connectivity index (χ1) is 6.05. The molecule has 0 saturated heterocycles. The van der Waals surface area contributed by atoms with E-state index >= 15 is 0 Å². The Bertz CT molecular complexity index is 282. The summed E-state index contributed by atoms with van der Waals surface area (Å²) in [6.45, 7) is 3.79. The molecule has 1 amide bonds. The van der Waals surface area contributed by atoms with Crippen molar-refractivity contribution in [2.24, 2.45) is 0 Å². The number of amides is 1. The molecule has 0 spiro atoms. The zero-order valence-electron chi connectivity index (χ0n) is 7.63. The maximum absolute atomic E-state index is 11.5. The lowest BCUT2D eigenvalue weighted by molar-refractivity contribution is 0.0921. The molecule has 1 aromatic rings. The summed E-state index contributed by atoms with van der Waals surface area (Å²) in [5.74, 6) is 0.343. The summed E-state index contributed by atoms with van der Waals surface area (Å²) in [7, 11) is 0. The highest BCUT2D eigenvalue weighted by atomic mass is 35.5. The summed E-state index contributed by atoms with van der Waals surface area (Å²) >= 11 is 7.19. The summed E-state index contributed by atoms with van der Waals surface area (Å²) in [6.07, 6.45) is 0. The van der Waals surface area contributed by atoms with E-state index in [-0.39, 0.29) is 11.4 Å². The number of carbonyl (C=O) groups excluding carboxylic acids is 1. The molecule has 0 aliphatic carbocycles. The van der Waals surface area contributed by atoms with Crippen molar-refractivity contribution in [2.75, 3.05) is 5.88 Å². The van der Waals surface area contributed by atoms with Gasteiger partial charge in [0.2, 0.25) is 0 Å². The van der Waals surface area contributed by atoms with Crippen molar-refractivity contribution >= 4 is 28.8 Å². The summed E-state index contributed by atoms with van der Waals surface area (Å²) in [6, 6.07) is 1.80. The lowest BCUT2D eigenvalue weighted by Gasteiger charge is -2.22. The van der Waals surface area contributed by atoms with E-state index in [0.29, 0.717) is 11.4 Å². The van der Waals surface area contributed by atoms with Gasteiger partial charge in [-0.2, -0.15) is 11.3 Å². The molecule has 72 valence electrons. The van der Waals surface area contributed by atoms with Gasteiger partial charge in [0, 0.05) is 16.8 Å². The molecule has 0 aliphatic heterocycles. The van der Waals surface area contributed by atoms with Crippen molar-refractivity contribution in [3.05, 3.63) is 22.4 Å². The molecular weight excluding hydrogens is 206 g/mol. The van der Waals surface area contributed by atoms with E-state index in [9.17, 15) is 4.79 Å². The van der Waals surface area contributed by atoms with Crippen LogP contribution in [-0.2, 0) is 0 Å². The van der Waals surface area contributed by atoms with Gasteiger partial charge in [0.05, 0.1) is 5.56 Å². The molecule has 0 saturated carbocycles. The van der Waals surface area contributed by atoms with Crippen LogP contribution in [0.5, 0.6) is 0 Å². The number of hydrogen-bond donors (Lipinski definition) is 1. The third-order valence-corrected chi connectivity index (χ3v) is 2.92. The van der Waals surface area contributed by atoms with Crippen molar-refractivity contribution in [1.29, 1.82) is 0 Å². The molecule has 1 rings (SSSR count). The van der Waals surface area contributed by atoms with Crippen LogP contribution >= 0.6 is 22.9 Å². The third kappa shape index (κ3) is 3.01.